The van der Waals surface area contributed by atoms with Gasteiger partial charge in [0.25, 0.3) is 5.91 Å². The molecule has 0 radical (unpaired) electrons. The van der Waals surface area contributed by atoms with E-state index in [1.54, 1.807) is 14.1 Å². The third-order valence-corrected chi connectivity index (χ3v) is 4.80. The van der Waals surface area contributed by atoms with Gasteiger partial charge in [0.1, 0.15) is 0 Å². The highest BCUT2D eigenvalue weighted by Crippen LogP contribution is 2.34. The average molecular weight is 392 g/mol. The van der Waals surface area contributed by atoms with Crippen molar-refractivity contribution >= 4 is 23.5 Å². The molecule has 0 heterocycles. The van der Waals surface area contributed by atoms with Gasteiger partial charge in [-0.15, -0.1) is 0 Å². The lowest BCUT2D eigenvalue weighted by atomic mass is 9.88. The van der Waals surface area contributed by atoms with E-state index in [4.69, 9.17) is 14.2 Å². The zero-order valence-electron chi connectivity index (χ0n) is 16.9. The monoisotopic (exact) mass is 392 g/mol. The van der Waals surface area contributed by atoms with Crippen LogP contribution in [0.2, 0.25) is 0 Å². The zero-order valence-corrected chi connectivity index (χ0v) is 16.9. The summed E-state index contributed by atoms with van der Waals surface area (Å²) >= 11 is 0. The van der Waals surface area contributed by atoms with Crippen molar-refractivity contribution < 1.29 is 28.6 Å². The number of carbonyl (C=O) groups is 3. The Morgan fingerprint density at radius 3 is 2.21 bits per heavy atom. The molecule has 0 saturated heterocycles. The molecule has 1 saturated carbocycles. The number of benzene rings is 1. The van der Waals surface area contributed by atoms with Gasteiger partial charge < -0.3 is 24.4 Å². The molecule has 28 heavy (non-hydrogen) atoms. The molecule has 2 amide bonds. The highest BCUT2D eigenvalue weighted by molar-refractivity contribution is 6.03. The summed E-state index contributed by atoms with van der Waals surface area (Å²) in [5.74, 6) is -0.588. The molecule has 1 aromatic carbocycles. The number of nitrogens with zero attached hydrogens (tertiary/aromatic N) is 1. The number of nitrogens with one attached hydrogen (secondary N) is 1. The average Bonchev–Trinajstić information content (AvgIpc) is 2.71. The van der Waals surface area contributed by atoms with Crippen LogP contribution in [0.4, 0.5) is 5.69 Å². The predicted molar refractivity (Wildman–Crippen MR) is 104 cm³/mol. The minimum atomic E-state index is -0.727. The van der Waals surface area contributed by atoms with Gasteiger partial charge in [0.15, 0.2) is 18.1 Å². The Kier molecular flexibility index (Phi) is 7.66. The topological polar surface area (TPSA) is 94.2 Å². The summed E-state index contributed by atoms with van der Waals surface area (Å²) in [5, 5.41) is 2.83. The summed E-state index contributed by atoms with van der Waals surface area (Å²) < 4.78 is 15.6. The number of rotatable bonds is 7. The van der Waals surface area contributed by atoms with Crippen molar-refractivity contribution in [2.45, 2.75) is 32.1 Å². The first kappa shape index (κ1) is 21.5. The van der Waals surface area contributed by atoms with E-state index in [0.29, 0.717) is 11.5 Å². The molecule has 1 fully saturated rings. The number of likely N-dealkylation sites (N-methyl/N-ethyl adjacent to an activating group) is 1. The molecule has 1 aromatic rings. The van der Waals surface area contributed by atoms with Crippen LogP contribution in [0.5, 0.6) is 11.5 Å². The number of ether oxygens (including phenoxy) is 3. The first-order chi connectivity index (χ1) is 13.4. The van der Waals surface area contributed by atoms with Crippen molar-refractivity contribution in [2.75, 3.05) is 40.2 Å². The summed E-state index contributed by atoms with van der Waals surface area (Å²) in [7, 11) is 6.06. The molecule has 8 nitrogen and oxygen atoms in total. The van der Waals surface area contributed by atoms with E-state index in [9.17, 15) is 14.4 Å². The summed E-state index contributed by atoms with van der Waals surface area (Å²) in [6.45, 7) is -0.393. The van der Waals surface area contributed by atoms with E-state index in [0.717, 1.165) is 32.1 Å². The van der Waals surface area contributed by atoms with Gasteiger partial charge in [0, 0.05) is 32.1 Å². The summed E-state index contributed by atoms with van der Waals surface area (Å²) in [6.07, 6.45) is 4.83. The number of hydrogen-bond acceptors (Lipinski definition) is 6. The maximum atomic E-state index is 12.7. The van der Waals surface area contributed by atoms with E-state index in [1.165, 1.54) is 31.3 Å². The van der Waals surface area contributed by atoms with Gasteiger partial charge in [-0.3, -0.25) is 9.59 Å². The normalized spacial score (nSPS) is 14.1. The Labute approximate surface area is 165 Å². The van der Waals surface area contributed by atoms with Crippen LogP contribution in [0, 0.1) is 5.92 Å². The standard InChI is InChI=1S/C20H28N2O6/c1-22(2)18(23)12-28-20(25)14-10-16(26-3)17(27-4)11-15(14)21-19(24)13-8-6-5-7-9-13/h10-11,13H,5-9,12H2,1-4H3,(H,21,24). The van der Waals surface area contributed by atoms with Gasteiger partial charge >= 0.3 is 5.97 Å². The maximum absolute atomic E-state index is 12.7. The third kappa shape index (κ3) is 5.37. The second-order valence-corrected chi connectivity index (χ2v) is 6.94. The number of esters is 1. The van der Waals surface area contributed by atoms with Crippen LogP contribution < -0.4 is 14.8 Å². The SMILES string of the molecule is COc1cc(NC(=O)C2CCCCC2)c(C(=O)OCC(=O)N(C)C)cc1OC. The lowest BCUT2D eigenvalue weighted by Gasteiger charge is -2.22. The smallest absolute Gasteiger partial charge is 0.340 e. The van der Waals surface area contributed by atoms with Crippen LogP contribution in [0.25, 0.3) is 0 Å². The van der Waals surface area contributed by atoms with Crippen LogP contribution in [0.1, 0.15) is 42.5 Å². The summed E-state index contributed by atoms with van der Waals surface area (Å²) in [5.41, 5.74) is 0.379. The largest absolute Gasteiger partial charge is 0.493 e. The Morgan fingerprint density at radius 1 is 1.04 bits per heavy atom. The first-order valence-corrected chi connectivity index (χ1v) is 9.31. The highest BCUT2D eigenvalue weighted by atomic mass is 16.5. The Balaban J connectivity index is 2.26. The van der Waals surface area contributed by atoms with E-state index >= 15 is 0 Å². The van der Waals surface area contributed by atoms with Gasteiger partial charge in [-0.2, -0.15) is 0 Å². The lowest BCUT2D eigenvalue weighted by Crippen LogP contribution is -2.28. The van der Waals surface area contributed by atoms with E-state index in [1.807, 2.05) is 0 Å². The van der Waals surface area contributed by atoms with Gasteiger partial charge in [-0.25, -0.2) is 4.79 Å². The molecule has 154 valence electrons. The number of carbonyl (C=O) groups excluding carboxylic acids is 3. The van der Waals surface area contributed by atoms with Gasteiger partial charge in [0.05, 0.1) is 25.5 Å². The van der Waals surface area contributed by atoms with Crippen molar-refractivity contribution in [1.29, 1.82) is 0 Å². The predicted octanol–water partition coefficient (Wildman–Crippen LogP) is 2.47. The van der Waals surface area contributed by atoms with Crippen LogP contribution in [-0.4, -0.2) is 57.6 Å². The van der Waals surface area contributed by atoms with Crippen molar-refractivity contribution in [2.24, 2.45) is 5.92 Å². The van der Waals surface area contributed by atoms with Crippen molar-refractivity contribution in [3.63, 3.8) is 0 Å². The Morgan fingerprint density at radius 2 is 1.64 bits per heavy atom. The van der Waals surface area contributed by atoms with Crippen LogP contribution in [0.3, 0.4) is 0 Å². The molecular weight excluding hydrogens is 364 g/mol. The van der Waals surface area contributed by atoms with Gasteiger partial charge in [-0.1, -0.05) is 19.3 Å². The number of hydrogen-bond donors (Lipinski definition) is 1. The van der Waals surface area contributed by atoms with Crippen LogP contribution in [0.15, 0.2) is 12.1 Å². The molecule has 0 bridgehead atoms. The van der Waals surface area contributed by atoms with E-state index in [-0.39, 0.29) is 29.0 Å². The van der Waals surface area contributed by atoms with E-state index in [2.05, 4.69) is 5.32 Å². The fourth-order valence-corrected chi connectivity index (χ4v) is 3.08. The molecule has 1 aliphatic rings. The molecule has 0 aliphatic heterocycles. The van der Waals surface area contributed by atoms with Crippen molar-refractivity contribution in [1.82, 2.24) is 4.90 Å². The molecule has 1 aliphatic carbocycles. The van der Waals surface area contributed by atoms with Gasteiger partial charge in [-0.05, 0) is 12.8 Å². The van der Waals surface area contributed by atoms with Crippen LogP contribution >= 0.6 is 0 Å². The first-order valence-electron chi connectivity index (χ1n) is 9.31. The number of amides is 2. The van der Waals surface area contributed by atoms with Gasteiger partial charge in [0.2, 0.25) is 5.91 Å². The molecule has 2 rings (SSSR count). The molecule has 0 atom stereocenters. The highest BCUT2D eigenvalue weighted by Gasteiger charge is 2.25. The minimum Gasteiger partial charge on any atom is -0.493 e. The fourth-order valence-electron chi connectivity index (χ4n) is 3.08. The maximum Gasteiger partial charge on any atom is 0.340 e. The molecular formula is C20H28N2O6. The van der Waals surface area contributed by atoms with E-state index < -0.39 is 12.6 Å². The van der Waals surface area contributed by atoms with Crippen molar-refractivity contribution in [3.05, 3.63) is 17.7 Å². The molecule has 1 N–H and O–H groups in total. The van der Waals surface area contributed by atoms with Crippen LogP contribution in [-0.2, 0) is 14.3 Å². The molecule has 8 heteroatoms. The minimum absolute atomic E-state index is 0.0824. The quantitative estimate of drug-likeness (QED) is 0.717. The Bertz CT molecular complexity index is 726. The third-order valence-electron chi connectivity index (χ3n) is 4.80. The lowest BCUT2D eigenvalue weighted by molar-refractivity contribution is -0.132. The fraction of sp³-hybridized carbons (Fsp3) is 0.550. The molecule has 0 aromatic heterocycles. The summed E-state index contributed by atoms with van der Waals surface area (Å²) in [6, 6.07) is 2.97. The van der Waals surface area contributed by atoms with Crippen molar-refractivity contribution in [3.8, 4) is 11.5 Å². The second-order valence-electron chi connectivity index (χ2n) is 6.94. The molecule has 0 unspecified atom stereocenters. The number of methoxy groups -OCH3 is 2. The summed E-state index contributed by atoms with van der Waals surface area (Å²) in [4.78, 5) is 38.3. The molecule has 0 spiro atoms. The Hall–Kier alpha value is -2.77. The number of anilines is 1. The second kappa shape index (κ2) is 9.96. The zero-order chi connectivity index (χ0) is 20.7.